The van der Waals surface area contributed by atoms with Gasteiger partial charge < -0.3 is 0 Å². The van der Waals surface area contributed by atoms with Crippen LogP contribution in [0.25, 0.3) is 0 Å². The molecule has 0 heterocycles. The van der Waals surface area contributed by atoms with E-state index in [1.165, 1.54) is 0 Å². The summed E-state index contributed by atoms with van der Waals surface area (Å²) in [7, 11) is -3.26. The van der Waals surface area contributed by atoms with Crippen molar-refractivity contribution in [3.8, 4) is 6.07 Å². The molecule has 2 unspecified atom stereocenters. The molecule has 1 fully saturated rings. The number of sulfonamides is 1. The van der Waals surface area contributed by atoms with E-state index in [4.69, 9.17) is 16.9 Å². The fourth-order valence-electron chi connectivity index (χ4n) is 1.79. The molecule has 0 radical (unpaired) electrons. The SMILES string of the molecule is N#CC1CCCC1NS(=O)(=O)CCCCl. The normalized spacial score (nSPS) is 26.4. The number of nitrogens with one attached hydrogen (secondary N) is 1. The number of alkyl halides is 1. The van der Waals surface area contributed by atoms with Crippen molar-refractivity contribution in [2.45, 2.75) is 31.7 Å². The summed E-state index contributed by atoms with van der Waals surface area (Å²) in [6.45, 7) is 0. The van der Waals surface area contributed by atoms with Crippen molar-refractivity contribution < 1.29 is 8.42 Å². The van der Waals surface area contributed by atoms with Crippen LogP contribution in [0.15, 0.2) is 0 Å². The number of nitriles is 1. The number of halogens is 1. The molecule has 1 aliphatic carbocycles. The van der Waals surface area contributed by atoms with Gasteiger partial charge in [0.05, 0.1) is 17.7 Å². The molecule has 0 aliphatic heterocycles. The second-order valence-corrected chi connectivity index (χ2v) is 6.00. The van der Waals surface area contributed by atoms with Gasteiger partial charge in [0.25, 0.3) is 0 Å². The average molecular weight is 251 g/mol. The lowest BCUT2D eigenvalue weighted by molar-refractivity contribution is 0.514. The third-order valence-electron chi connectivity index (χ3n) is 2.56. The Hall–Kier alpha value is -0.310. The lowest BCUT2D eigenvalue weighted by Gasteiger charge is -2.15. The Bertz CT molecular complexity index is 337. The molecule has 0 aromatic carbocycles. The molecule has 1 aliphatic rings. The summed E-state index contributed by atoms with van der Waals surface area (Å²) in [6, 6.07) is 1.94. The molecule has 2 atom stereocenters. The van der Waals surface area contributed by atoms with E-state index in [1.54, 1.807) is 0 Å². The Kier molecular flexibility index (Phi) is 4.84. The van der Waals surface area contributed by atoms with Crippen LogP contribution in [0.3, 0.4) is 0 Å². The second kappa shape index (κ2) is 5.69. The standard InChI is InChI=1S/C9H15ClN2O2S/c10-5-2-6-15(13,14)12-9-4-1-3-8(9)7-11/h8-9,12H,1-6H2. The molecule has 6 heteroatoms. The zero-order valence-electron chi connectivity index (χ0n) is 8.45. The van der Waals surface area contributed by atoms with Gasteiger partial charge in [-0.15, -0.1) is 11.6 Å². The first kappa shape index (κ1) is 12.8. The summed E-state index contributed by atoms with van der Waals surface area (Å²) in [5, 5.41) is 8.80. The summed E-state index contributed by atoms with van der Waals surface area (Å²) in [6.07, 6.45) is 2.92. The minimum Gasteiger partial charge on any atom is -0.212 e. The van der Waals surface area contributed by atoms with E-state index in [0.29, 0.717) is 12.3 Å². The van der Waals surface area contributed by atoms with Gasteiger partial charge in [-0.05, 0) is 19.3 Å². The van der Waals surface area contributed by atoms with E-state index in [2.05, 4.69) is 10.8 Å². The predicted molar refractivity (Wildman–Crippen MR) is 59.0 cm³/mol. The first-order valence-corrected chi connectivity index (χ1v) is 7.23. The predicted octanol–water partition coefficient (Wildman–Crippen LogP) is 1.23. The quantitative estimate of drug-likeness (QED) is 0.746. The lowest BCUT2D eigenvalue weighted by Crippen LogP contribution is -2.38. The van der Waals surface area contributed by atoms with Crippen LogP contribution in [0.5, 0.6) is 0 Å². The van der Waals surface area contributed by atoms with E-state index >= 15 is 0 Å². The molecule has 1 saturated carbocycles. The van der Waals surface area contributed by atoms with Gasteiger partial charge in [0, 0.05) is 11.9 Å². The van der Waals surface area contributed by atoms with Crippen LogP contribution in [-0.4, -0.2) is 26.1 Å². The largest absolute Gasteiger partial charge is 0.212 e. The summed E-state index contributed by atoms with van der Waals surface area (Å²) in [5.74, 6) is 0.217. The van der Waals surface area contributed by atoms with Crippen LogP contribution in [0.1, 0.15) is 25.7 Å². The molecular formula is C9H15ClN2O2S. The van der Waals surface area contributed by atoms with Gasteiger partial charge in [0.15, 0.2) is 0 Å². The minimum absolute atomic E-state index is 0.0468. The van der Waals surface area contributed by atoms with Crippen LogP contribution in [0.2, 0.25) is 0 Å². The van der Waals surface area contributed by atoms with Crippen molar-refractivity contribution in [1.29, 1.82) is 5.26 Å². The number of hydrogen-bond donors (Lipinski definition) is 1. The highest BCUT2D eigenvalue weighted by Crippen LogP contribution is 2.25. The highest BCUT2D eigenvalue weighted by Gasteiger charge is 2.30. The van der Waals surface area contributed by atoms with Crippen molar-refractivity contribution in [1.82, 2.24) is 4.72 Å². The Labute approximate surface area is 95.7 Å². The van der Waals surface area contributed by atoms with Crippen molar-refractivity contribution >= 4 is 21.6 Å². The molecule has 86 valence electrons. The van der Waals surface area contributed by atoms with Crippen molar-refractivity contribution in [2.75, 3.05) is 11.6 Å². The van der Waals surface area contributed by atoms with Crippen LogP contribution >= 0.6 is 11.6 Å². The molecule has 15 heavy (non-hydrogen) atoms. The van der Waals surface area contributed by atoms with Gasteiger partial charge in [-0.1, -0.05) is 6.42 Å². The monoisotopic (exact) mass is 250 g/mol. The van der Waals surface area contributed by atoms with Gasteiger partial charge in [-0.2, -0.15) is 5.26 Å². The molecule has 0 amide bonds. The van der Waals surface area contributed by atoms with Crippen molar-refractivity contribution in [3.05, 3.63) is 0 Å². The molecule has 4 nitrogen and oxygen atoms in total. The molecule has 0 aromatic heterocycles. The first-order valence-electron chi connectivity index (χ1n) is 5.04. The van der Waals surface area contributed by atoms with Gasteiger partial charge in [-0.3, -0.25) is 0 Å². The smallest absolute Gasteiger partial charge is 0.211 e. The number of rotatable bonds is 5. The summed E-state index contributed by atoms with van der Waals surface area (Å²) >= 11 is 5.44. The molecule has 0 bridgehead atoms. The third kappa shape index (κ3) is 3.98. The van der Waals surface area contributed by atoms with Crippen LogP contribution in [-0.2, 0) is 10.0 Å². The fourth-order valence-corrected chi connectivity index (χ4v) is 3.47. The average Bonchev–Trinajstić information content (AvgIpc) is 2.61. The number of nitrogens with zero attached hydrogens (tertiary/aromatic N) is 1. The summed E-state index contributed by atoms with van der Waals surface area (Å²) < 4.78 is 25.6. The van der Waals surface area contributed by atoms with Gasteiger partial charge in [0.2, 0.25) is 10.0 Å². The van der Waals surface area contributed by atoms with Gasteiger partial charge in [-0.25, -0.2) is 13.1 Å². The highest BCUT2D eigenvalue weighted by atomic mass is 35.5. The van der Waals surface area contributed by atoms with Crippen LogP contribution < -0.4 is 4.72 Å². The maximum absolute atomic E-state index is 11.5. The molecule has 0 spiro atoms. The first-order chi connectivity index (χ1) is 7.09. The van der Waals surface area contributed by atoms with Gasteiger partial charge in [0.1, 0.15) is 0 Å². The molecule has 1 N–H and O–H groups in total. The van der Waals surface area contributed by atoms with Gasteiger partial charge >= 0.3 is 0 Å². The minimum atomic E-state index is -3.26. The third-order valence-corrected chi connectivity index (χ3v) is 4.31. The van der Waals surface area contributed by atoms with Crippen molar-refractivity contribution in [3.63, 3.8) is 0 Å². The zero-order chi connectivity index (χ0) is 11.3. The maximum atomic E-state index is 11.5. The van der Waals surface area contributed by atoms with E-state index in [9.17, 15) is 8.42 Å². The number of hydrogen-bond acceptors (Lipinski definition) is 3. The second-order valence-electron chi connectivity index (χ2n) is 3.75. The van der Waals surface area contributed by atoms with E-state index in [0.717, 1.165) is 19.3 Å². The Morgan fingerprint density at radius 3 is 2.80 bits per heavy atom. The molecule has 0 aromatic rings. The topological polar surface area (TPSA) is 70.0 Å². The van der Waals surface area contributed by atoms with Crippen molar-refractivity contribution in [2.24, 2.45) is 5.92 Å². The van der Waals surface area contributed by atoms with Crippen LogP contribution in [0.4, 0.5) is 0 Å². The van der Waals surface area contributed by atoms with E-state index in [-0.39, 0.29) is 17.7 Å². The highest BCUT2D eigenvalue weighted by molar-refractivity contribution is 7.89. The lowest BCUT2D eigenvalue weighted by atomic mass is 10.1. The Balaban J connectivity index is 2.50. The van der Waals surface area contributed by atoms with E-state index < -0.39 is 10.0 Å². The fraction of sp³-hybridized carbons (Fsp3) is 0.889. The maximum Gasteiger partial charge on any atom is 0.211 e. The molecule has 1 rings (SSSR count). The Morgan fingerprint density at radius 1 is 1.47 bits per heavy atom. The molecule has 0 saturated heterocycles. The summed E-state index contributed by atoms with van der Waals surface area (Å²) in [4.78, 5) is 0. The Morgan fingerprint density at radius 2 is 2.20 bits per heavy atom. The van der Waals surface area contributed by atoms with Crippen LogP contribution in [0, 0.1) is 17.2 Å². The van der Waals surface area contributed by atoms with E-state index in [1.807, 2.05) is 0 Å². The summed E-state index contributed by atoms with van der Waals surface area (Å²) in [5.41, 5.74) is 0. The zero-order valence-corrected chi connectivity index (χ0v) is 10.0. The molecular weight excluding hydrogens is 236 g/mol.